The van der Waals surface area contributed by atoms with Crippen LogP contribution in [0.2, 0.25) is 0 Å². The lowest BCUT2D eigenvalue weighted by molar-refractivity contribution is -0.116. The number of carbonyl (C=O) groups excluding carboxylic acids is 1. The lowest BCUT2D eigenvalue weighted by Gasteiger charge is -2.22. The zero-order valence-corrected chi connectivity index (χ0v) is 17.5. The number of nitrogens with one attached hydrogen (secondary N) is 1. The van der Waals surface area contributed by atoms with Crippen molar-refractivity contribution in [1.29, 1.82) is 5.26 Å². The Bertz CT molecular complexity index is 1140. The van der Waals surface area contributed by atoms with Crippen molar-refractivity contribution in [2.75, 3.05) is 19.5 Å². The van der Waals surface area contributed by atoms with Crippen molar-refractivity contribution in [1.82, 2.24) is 9.97 Å². The van der Waals surface area contributed by atoms with E-state index in [1.165, 1.54) is 0 Å². The number of fused-ring (bicyclic) bond motifs is 1. The Hall–Kier alpha value is -3.31. The second-order valence-corrected chi connectivity index (χ2v) is 7.91. The van der Waals surface area contributed by atoms with Gasteiger partial charge in [0.1, 0.15) is 5.82 Å². The zero-order chi connectivity index (χ0) is 21.1. The van der Waals surface area contributed by atoms with Crippen LogP contribution in [0.25, 0.3) is 10.9 Å². The van der Waals surface area contributed by atoms with Crippen LogP contribution in [-0.2, 0) is 4.79 Å². The number of anilines is 2. The molecule has 0 spiro atoms. The number of methoxy groups -OCH3 is 2. The fourth-order valence-electron chi connectivity index (χ4n) is 3.16. The summed E-state index contributed by atoms with van der Waals surface area (Å²) in [4.78, 5) is 21.7. The molecule has 1 fully saturated rings. The summed E-state index contributed by atoms with van der Waals surface area (Å²) in [6, 6.07) is 12.8. The number of nitrogens with zero attached hydrogens (tertiary/aromatic N) is 3. The summed E-state index contributed by atoms with van der Waals surface area (Å²) in [7, 11) is 3.14. The molecule has 0 atom stereocenters. The molecule has 0 bridgehead atoms. The minimum atomic E-state index is 0.0923. The molecule has 0 radical (unpaired) electrons. The summed E-state index contributed by atoms with van der Waals surface area (Å²) in [6.07, 6.45) is 2.96. The summed E-state index contributed by atoms with van der Waals surface area (Å²) >= 11 is 1.08. The first-order chi connectivity index (χ1) is 14.6. The molecule has 7 nitrogen and oxygen atoms in total. The van der Waals surface area contributed by atoms with Gasteiger partial charge in [0.15, 0.2) is 21.8 Å². The number of thioether (sulfide) groups is 1. The van der Waals surface area contributed by atoms with Gasteiger partial charge in [-0.05, 0) is 54.9 Å². The van der Waals surface area contributed by atoms with E-state index in [1.54, 1.807) is 44.6 Å². The van der Waals surface area contributed by atoms with Gasteiger partial charge in [-0.1, -0.05) is 6.42 Å². The monoisotopic (exact) mass is 420 g/mol. The predicted molar refractivity (Wildman–Crippen MR) is 115 cm³/mol. The van der Waals surface area contributed by atoms with Gasteiger partial charge >= 0.3 is 0 Å². The fourth-order valence-corrected chi connectivity index (χ4v) is 4.02. The largest absolute Gasteiger partial charge is 0.493 e. The molecule has 1 heterocycles. The van der Waals surface area contributed by atoms with Crippen molar-refractivity contribution in [3.05, 3.63) is 42.0 Å². The molecule has 4 rings (SSSR count). The highest BCUT2D eigenvalue weighted by atomic mass is 32.2. The number of rotatable bonds is 6. The molecule has 152 valence electrons. The molecular weight excluding hydrogens is 400 g/mol. The maximum Gasteiger partial charge on any atom is 0.199 e. The van der Waals surface area contributed by atoms with E-state index in [0.29, 0.717) is 33.6 Å². The first-order valence-corrected chi connectivity index (χ1v) is 10.4. The first kappa shape index (κ1) is 20.0. The highest BCUT2D eigenvalue weighted by Crippen LogP contribution is 2.38. The van der Waals surface area contributed by atoms with Gasteiger partial charge in [0, 0.05) is 23.1 Å². The molecule has 0 unspecified atom stereocenters. The van der Waals surface area contributed by atoms with Crippen LogP contribution in [0.4, 0.5) is 11.5 Å². The van der Waals surface area contributed by atoms with Gasteiger partial charge in [0.05, 0.1) is 31.4 Å². The Morgan fingerprint density at radius 3 is 2.43 bits per heavy atom. The maximum absolute atomic E-state index is 12.5. The second kappa shape index (κ2) is 8.59. The Kier molecular flexibility index (Phi) is 5.72. The van der Waals surface area contributed by atoms with Crippen molar-refractivity contribution >= 4 is 39.3 Å². The Balaban J connectivity index is 1.76. The van der Waals surface area contributed by atoms with E-state index in [1.807, 2.05) is 6.07 Å². The Morgan fingerprint density at radius 2 is 1.83 bits per heavy atom. The van der Waals surface area contributed by atoms with Crippen molar-refractivity contribution in [2.45, 2.75) is 24.4 Å². The van der Waals surface area contributed by atoms with E-state index in [-0.39, 0.29) is 11.0 Å². The summed E-state index contributed by atoms with van der Waals surface area (Å²) in [5, 5.41) is 13.5. The van der Waals surface area contributed by atoms with Crippen LogP contribution >= 0.6 is 11.8 Å². The number of ether oxygens (including phenoxy) is 2. The van der Waals surface area contributed by atoms with Gasteiger partial charge in [0.25, 0.3) is 0 Å². The minimum Gasteiger partial charge on any atom is -0.493 e. The third kappa shape index (κ3) is 4.02. The van der Waals surface area contributed by atoms with E-state index in [2.05, 4.69) is 21.4 Å². The molecule has 0 aliphatic heterocycles. The number of nitriles is 1. The third-order valence-electron chi connectivity index (χ3n) is 5.09. The van der Waals surface area contributed by atoms with E-state index in [9.17, 15) is 4.79 Å². The molecule has 1 N–H and O–H groups in total. The smallest absolute Gasteiger partial charge is 0.199 e. The van der Waals surface area contributed by atoms with Crippen LogP contribution in [0.5, 0.6) is 11.5 Å². The molecule has 2 aromatic carbocycles. The molecule has 0 amide bonds. The molecule has 3 aromatic rings. The molecule has 30 heavy (non-hydrogen) atoms. The maximum atomic E-state index is 12.5. The molecule has 1 aliphatic rings. The molecule has 1 aromatic heterocycles. The minimum absolute atomic E-state index is 0.0923. The summed E-state index contributed by atoms with van der Waals surface area (Å²) in [6.45, 7) is 0. The number of aromatic nitrogens is 2. The lowest BCUT2D eigenvalue weighted by Crippen LogP contribution is -2.19. The summed E-state index contributed by atoms with van der Waals surface area (Å²) in [5.41, 5.74) is 1.98. The van der Waals surface area contributed by atoms with Crippen molar-refractivity contribution in [2.24, 2.45) is 5.92 Å². The van der Waals surface area contributed by atoms with Gasteiger partial charge in [-0.15, -0.1) is 0 Å². The Labute approximate surface area is 178 Å². The third-order valence-corrected chi connectivity index (χ3v) is 5.99. The van der Waals surface area contributed by atoms with Crippen molar-refractivity contribution in [3.8, 4) is 17.6 Å². The number of hydrogen-bond donors (Lipinski definition) is 1. The molecular formula is C22H20N4O3S. The number of benzene rings is 2. The molecule has 0 saturated heterocycles. The topological polar surface area (TPSA) is 97.1 Å². The van der Waals surface area contributed by atoms with Crippen LogP contribution in [0.1, 0.15) is 24.8 Å². The van der Waals surface area contributed by atoms with Crippen LogP contribution in [0.3, 0.4) is 0 Å². The van der Waals surface area contributed by atoms with Crippen molar-refractivity contribution < 1.29 is 14.3 Å². The van der Waals surface area contributed by atoms with Gasteiger partial charge in [-0.25, -0.2) is 9.97 Å². The quantitative estimate of drug-likeness (QED) is 0.453. The highest BCUT2D eigenvalue weighted by Gasteiger charge is 2.27. The van der Waals surface area contributed by atoms with Gasteiger partial charge < -0.3 is 14.8 Å². The zero-order valence-electron chi connectivity index (χ0n) is 16.6. The molecule has 1 aliphatic carbocycles. The number of carbonyl (C=O) groups is 1. The molecule has 1 saturated carbocycles. The predicted octanol–water partition coefficient (Wildman–Crippen LogP) is 4.68. The lowest BCUT2D eigenvalue weighted by atomic mass is 9.87. The SMILES string of the molecule is COc1cc2nc(SC(=O)C3CCC3)nc(Nc3ccc(C#N)cc3)c2cc1OC. The molecule has 8 heteroatoms. The Morgan fingerprint density at radius 1 is 1.13 bits per heavy atom. The van der Waals surface area contributed by atoms with Crippen LogP contribution in [-0.4, -0.2) is 29.3 Å². The van der Waals surface area contributed by atoms with Gasteiger partial charge in [-0.3, -0.25) is 4.79 Å². The second-order valence-electron chi connectivity index (χ2n) is 6.94. The normalized spacial score (nSPS) is 13.4. The average molecular weight is 420 g/mol. The summed E-state index contributed by atoms with van der Waals surface area (Å²) < 4.78 is 10.8. The first-order valence-electron chi connectivity index (χ1n) is 9.54. The average Bonchev–Trinajstić information content (AvgIpc) is 2.72. The van der Waals surface area contributed by atoms with E-state index < -0.39 is 0 Å². The van der Waals surface area contributed by atoms with E-state index in [4.69, 9.17) is 14.7 Å². The number of hydrogen-bond acceptors (Lipinski definition) is 8. The van der Waals surface area contributed by atoms with Gasteiger partial charge in [-0.2, -0.15) is 5.26 Å². The van der Waals surface area contributed by atoms with Crippen LogP contribution < -0.4 is 14.8 Å². The van der Waals surface area contributed by atoms with Crippen molar-refractivity contribution in [3.63, 3.8) is 0 Å². The highest BCUT2D eigenvalue weighted by molar-refractivity contribution is 8.13. The van der Waals surface area contributed by atoms with Gasteiger partial charge in [0.2, 0.25) is 0 Å². The van der Waals surface area contributed by atoms with E-state index in [0.717, 1.165) is 42.1 Å². The van der Waals surface area contributed by atoms with Crippen LogP contribution in [0.15, 0.2) is 41.6 Å². The van der Waals surface area contributed by atoms with E-state index >= 15 is 0 Å². The fraction of sp³-hybridized carbons (Fsp3) is 0.273. The standard InChI is InChI=1S/C22H20N4O3S/c1-28-18-10-16-17(11-19(18)29-2)25-22(30-21(27)14-4-3-5-14)26-20(16)24-15-8-6-13(12-23)7-9-15/h6-11,14H,3-5H2,1-2H3,(H,24,25,26). The summed E-state index contributed by atoms with van der Waals surface area (Å²) in [5.74, 6) is 1.75. The van der Waals surface area contributed by atoms with Crippen LogP contribution in [0, 0.1) is 17.2 Å².